The zero-order valence-electron chi connectivity index (χ0n) is 13.1. The van der Waals surface area contributed by atoms with Gasteiger partial charge in [0.05, 0.1) is 0 Å². The molecule has 0 saturated heterocycles. The SMILES string of the molecule is CCNCc1cccc(OCC(=O)Nc2ccc(C)cc2)c1. The van der Waals surface area contributed by atoms with Crippen LogP contribution in [0.4, 0.5) is 5.69 Å². The molecule has 22 heavy (non-hydrogen) atoms. The van der Waals surface area contributed by atoms with E-state index in [9.17, 15) is 4.79 Å². The Kier molecular flexibility index (Phi) is 5.98. The Morgan fingerprint density at radius 1 is 1.14 bits per heavy atom. The van der Waals surface area contributed by atoms with E-state index >= 15 is 0 Å². The van der Waals surface area contributed by atoms with Crippen molar-refractivity contribution in [2.24, 2.45) is 0 Å². The van der Waals surface area contributed by atoms with E-state index in [0.717, 1.165) is 29.9 Å². The summed E-state index contributed by atoms with van der Waals surface area (Å²) in [5.74, 6) is 0.537. The number of carbonyl (C=O) groups is 1. The van der Waals surface area contributed by atoms with Gasteiger partial charge in [0.2, 0.25) is 0 Å². The molecule has 0 saturated carbocycles. The van der Waals surface area contributed by atoms with Gasteiger partial charge in [0, 0.05) is 12.2 Å². The number of carbonyl (C=O) groups excluding carboxylic acids is 1. The Hall–Kier alpha value is -2.33. The minimum absolute atomic E-state index is 0.00145. The van der Waals surface area contributed by atoms with E-state index in [2.05, 4.69) is 17.6 Å². The van der Waals surface area contributed by atoms with Crippen LogP contribution in [-0.4, -0.2) is 19.1 Å². The lowest BCUT2D eigenvalue weighted by molar-refractivity contribution is -0.118. The van der Waals surface area contributed by atoms with Crippen LogP contribution in [0.3, 0.4) is 0 Å². The van der Waals surface area contributed by atoms with Gasteiger partial charge in [0.15, 0.2) is 6.61 Å². The number of amides is 1. The van der Waals surface area contributed by atoms with Crippen molar-refractivity contribution in [2.45, 2.75) is 20.4 Å². The number of benzene rings is 2. The van der Waals surface area contributed by atoms with E-state index in [-0.39, 0.29) is 12.5 Å². The van der Waals surface area contributed by atoms with Crippen molar-refractivity contribution >= 4 is 11.6 Å². The van der Waals surface area contributed by atoms with Gasteiger partial charge >= 0.3 is 0 Å². The first-order valence-corrected chi connectivity index (χ1v) is 7.46. The van der Waals surface area contributed by atoms with Crippen LogP contribution in [0, 0.1) is 6.92 Å². The second-order valence-corrected chi connectivity index (χ2v) is 5.13. The highest BCUT2D eigenvalue weighted by molar-refractivity contribution is 5.91. The lowest BCUT2D eigenvalue weighted by atomic mass is 10.2. The third-order valence-corrected chi connectivity index (χ3v) is 3.18. The summed E-state index contributed by atoms with van der Waals surface area (Å²) < 4.78 is 5.54. The van der Waals surface area contributed by atoms with E-state index < -0.39 is 0 Å². The smallest absolute Gasteiger partial charge is 0.262 e. The summed E-state index contributed by atoms with van der Waals surface area (Å²) in [6.07, 6.45) is 0. The van der Waals surface area contributed by atoms with Crippen molar-refractivity contribution in [3.8, 4) is 5.75 Å². The molecule has 0 fully saturated rings. The highest BCUT2D eigenvalue weighted by Gasteiger charge is 2.04. The maximum atomic E-state index is 11.9. The summed E-state index contributed by atoms with van der Waals surface area (Å²) in [7, 11) is 0. The van der Waals surface area contributed by atoms with Crippen LogP contribution in [0.25, 0.3) is 0 Å². The van der Waals surface area contributed by atoms with Gasteiger partial charge in [-0.3, -0.25) is 4.79 Å². The summed E-state index contributed by atoms with van der Waals surface area (Å²) in [4.78, 5) is 11.9. The van der Waals surface area contributed by atoms with E-state index in [1.807, 2.05) is 55.5 Å². The first-order valence-electron chi connectivity index (χ1n) is 7.46. The molecule has 4 heteroatoms. The zero-order chi connectivity index (χ0) is 15.8. The number of rotatable bonds is 7. The van der Waals surface area contributed by atoms with Crippen molar-refractivity contribution in [3.05, 3.63) is 59.7 Å². The number of ether oxygens (including phenoxy) is 1. The molecule has 2 aromatic rings. The maximum absolute atomic E-state index is 11.9. The summed E-state index contributed by atoms with van der Waals surface area (Å²) in [6, 6.07) is 15.4. The number of hydrogen-bond acceptors (Lipinski definition) is 3. The molecule has 0 radical (unpaired) electrons. The summed E-state index contributed by atoms with van der Waals surface area (Å²) in [6.45, 7) is 5.79. The van der Waals surface area contributed by atoms with Gasteiger partial charge in [0.1, 0.15) is 5.75 Å². The Bertz CT molecular complexity index is 609. The van der Waals surface area contributed by atoms with Crippen LogP contribution in [0.1, 0.15) is 18.1 Å². The molecule has 0 heterocycles. The summed E-state index contributed by atoms with van der Waals surface area (Å²) in [5, 5.41) is 6.07. The van der Waals surface area contributed by atoms with Crippen molar-refractivity contribution in [2.75, 3.05) is 18.5 Å². The highest BCUT2D eigenvalue weighted by Crippen LogP contribution is 2.13. The van der Waals surface area contributed by atoms with E-state index in [4.69, 9.17) is 4.74 Å². The minimum Gasteiger partial charge on any atom is -0.484 e. The minimum atomic E-state index is -0.166. The number of anilines is 1. The van der Waals surface area contributed by atoms with Crippen LogP contribution in [-0.2, 0) is 11.3 Å². The average molecular weight is 298 g/mol. The zero-order valence-corrected chi connectivity index (χ0v) is 13.1. The molecule has 0 unspecified atom stereocenters. The second-order valence-electron chi connectivity index (χ2n) is 5.13. The molecular weight excluding hydrogens is 276 g/mol. The predicted molar refractivity (Wildman–Crippen MR) is 89.1 cm³/mol. The molecule has 0 aliphatic heterocycles. The first-order chi connectivity index (χ1) is 10.7. The lowest BCUT2D eigenvalue weighted by Crippen LogP contribution is -2.20. The van der Waals surface area contributed by atoms with Crippen molar-refractivity contribution in [1.82, 2.24) is 5.32 Å². The number of nitrogens with one attached hydrogen (secondary N) is 2. The Morgan fingerprint density at radius 3 is 2.64 bits per heavy atom. The predicted octanol–water partition coefficient (Wildman–Crippen LogP) is 3.12. The van der Waals surface area contributed by atoms with Gasteiger partial charge < -0.3 is 15.4 Å². The van der Waals surface area contributed by atoms with Crippen LogP contribution < -0.4 is 15.4 Å². The third-order valence-electron chi connectivity index (χ3n) is 3.18. The van der Waals surface area contributed by atoms with Gasteiger partial charge in [-0.05, 0) is 43.3 Å². The van der Waals surface area contributed by atoms with Crippen LogP contribution in [0.5, 0.6) is 5.75 Å². The first kappa shape index (κ1) is 16.0. The molecule has 1 amide bonds. The molecule has 2 N–H and O–H groups in total. The summed E-state index contributed by atoms with van der Waals surface area (Å²) in [5.41, 5.74) is 3.07. The molecule has 0 bridgehead atoms. The molecule has 2 rings (SSSR count). The van der Waals surface area contributed by atoms with Crippen LogP contribution in [0.15, 0.2) is 48.5 Å². The molecular formula is C18H22N2O2. The van der Waals surface area contributed by atoms with Crippen molar-refractivity contribution in [1.29, 1.82) is 0 Å². The van der Waals surface area contributed by atoms with E-state index in [1.165, 1.54) is 0 Å². The number of aryl methyl sites for hydroxylation is 1. The fourth-order valence-electron chi connectivity index (χ4n) is 2.00. The monoisotopic (exact) mass is 298 g/mol. The molecule has 0 aromatic heterocycles. The highest BCUT2D eigenvalue weighted by atomic mass is 16.5. The fraction of sp³-hybridized carbons (Fsp3) is 0.278. The normalized spacial score (nSPS) is 10.3. The Balaban J connectivity index is 1.84. The van der Waals surface area contributed by atoms with Gasteiger partial charge in [-0.2, -0.15) is 0 Å². The van der Waals surface area contributed by atoms with E-state index in [1.54, 1.807) is 0 Å². The molecule has 0 aliphatic rings. The third kappa shape index (κ3) is 5.22. The lowest BCUT2D eigenvalue weighted by Gasteiger charge is -2.09. The van der Waals surface area contributed by atoms with Gasteiger partial charge in [-0.25, -0.2) is 0 Å². The van der Waals surface area contributed by atoms with Gasteiger partial charge in [0.25, 0.3) is 5.91 Å². The number of hydrogen-bond donors (Lipinski definition) is 2. The molecule has 0 spiro atoms. The van der Waals surface area contributed by atoms with E-state index in [0.29, 0.717) is 5.75 Å². The van der Waals surface area contributed by atoms with Gasteiger partial charge in [-0.1, -0.05) is 36.8 Å². The second kappa shape index (κ2) is 8.20. The molecule has 2 aromatic carbocycles. The standard InChI is InChI=1S/C18H22N2O2/c1-3-19-12-15-5-4-6-17(11-15)22-13-18(21)20-16-9-7-14(2)8-10-16/h4-11,19H,3,12-13H2,1-2H3,(H,20,21). The summed E-state index contributed by atoms with van der Waals surface area (Å²) >= 11 is 0. The Morgan fingerprint density at radius 2 is 1.91 bits per heavy atom. The fourth-order valence-corrected chi connectivity index (χ4v) is 2.00. The van der Waals surface area contributed by atoms with Crippen molar-refractivity contribution < 1.29 is 9.53 Å². The molecule has 4 nitrogen and oxygen atoms in total. The quantitative estimate of drug-likeness (QED) is 0.825. The van der Waals surface area contributed by atoms with Crippen molar-refractivity contribution in [3.63, 3.8) is 0 Å². The topological polar surface area (TPSA) is 50.4 Å². The average Bonchev–Trinajstić information content (AvgIpc) is 2.53. The van der Waals surface area contributed by atoms with Gasteiger partial charge in [-0.15, -0.1) is 0 Å². The molecule has 0 atom stereocenters. The Labute approximate surface area is 131 Å². The van der Waals surface area contributed by atoms with Crippen LogP contribution >= 0.6 is 0 Å². The molecule has 116 valence electrons. The largest absolute Gasteiger partial charge is 0.484 e. The molecule has 0 aliphatic carbocycles. The van der Waals surface area contributed by atoms with Crippen LogP contribution in [0.2, 0.25) is 0 Å². The maximum Gasteiger partial charge on any atom is 0.262 e.